The van der Waals surface area contributed by atoms with Gasteiger partial charge in [-0.25, -0.2) is 0 Å². The molecule has 0 amide bonds. The third-order valence-electron chi connectivity index (χ3n) is 1.52. The predicted molar refractivity (Wildman–Crippen MR) is 59.1 cm³/mol. The Labute approximate surface area is 93.7 Å². The Morgan fingerprint density at radius 2 is 2.50 bits per heavy atom. The Bertz CT molecular complexity index is 244. The molecule has 1 atom stereocenters. The predicted octanol–water partition coefficient (Wildman–Crippen LogP) is 2.29. The number of rotatable bonds is 3. The molecule has 0 saturated heterocycles. The zero-order valence-electron chi connectivity index (χ0n) is 6.92. The second-order valence-corrected chi connectivity index (χ2v) is 4.41. The van der Waals surface area contributed by atoms with Gasteiger partial charge in [0.15, 0.2) is 0 Å². The van der Waals surface area contributed by atoms with Crippen molar-refractivity contribution in [1.29, 1.82) is 0 Å². The van der Waals surface area contributed by atoms with Gasteiger partial charge < -0.3 is 4.74 Å². The summed E-state index contributed by atoms with van der Waals surface area (Å²) in [7, 11) is 1.70. The van der Waals surface area contributed by atoms with Crippen LogP contribution < -0.4 is 0 Å². The molecule has 0 aliphatic rings. The Morgan fingerprint density at radius 1 is 1.83 bits per heavy atom. The van der Waals surface area contributed by atoms with E-state index in [4.69, 9.17) is 4.74 Å². The molecule has 0 fully saturated rings. The highest BCUT2D eigenvalue weighted by molar-refractivity contribution is 14.1. The standard InChI is InChI=1S/C7H10BrIN2O/c1-5(12-2)3-11-4-6(8)7(9)10-11/h4-5H,3H2,1-2H3. The van der Waals surface area contributed by atoms with Crippen molar-refractivity contribution in [3.05, 3.63) is 14.4 Å². The van der Waals surface area contributed by atoms with E-state index in [0.29, 0.717) is 0 Å². The first kappa shape index (κ1) is 10.5. The summed E-state index contributed by atoms with van der Waals surface area (Å²) in [6.07, 6.45) is 2.16. The molecule has 0 aliphatic heterocycles. The van der Waals surface area contributed by atoms with E-state index in [-0.39, 0.29) is 6.10 Å². The van der Waals surface area contributed by atoms with Gasteiger partial charge in [-0.2, -0.15) is 5.10 Å². The molecule has 0 spiro atoms. The minimum atomic E-state index is 0.201. The van der Waals surface area contributed by atoms with Gasteiger partial charge in [0, 0.05) is 13.3 Å². The largest absolute Gasteiger partial charge is 0.380 e. The summed E-state index contributed by atoms with van der Waals surface area (Å²) in [6.45, 7) is 2.81. The zero-order chi connectivity index (χ0) is 9.14. The number of aromatic nitrogens is 2. The molecule has 1 heterocycles. The molecule has 0 saturated carbocycles. The van der Waals surface area contributed by atoms with E-state index >= 15 is 0 Å². The minimum absolute atomic E-state index is 0.201. The van der Waals surface area contributed by atoms with Crippen LogP contribution in [0.5, 0.6) is 0 Å². The van der Waals surface area contributed by atoms with Crippen molar-refractivity contribution in [3.8, 4) is 0 Å². The topological polar surface area (TPSA) is 27.1 Å². The fourth-order valence-corrected chi connectivity index (χ4v) is 1.54. The van der Waals surface area contributed by atoms with Crippen LogP contribution in [0.4, 0.5) is 0 Å². The van der Waals surface area contributed by atoms with Crippen LogP contribution in [0.3, 0.4) is 0 Å². The first-order chi connectivity index (χ1) is 5.63. The summed E-state index contributed by atoms with van der Waals surface area (Å²) in [5, 5.41) is 4.27. The van der Waals surface area contributed by atoms with Crippen LogP contribution in [0.25, 0.3) is 0 Å². The normalized spacial score (nSPS) is 13.3. The van der Waals surface area contributed by atoms with Crippen molar-refractivity contribution in [2.24, 2.45) is 0 Å². The maximum Gasteiger partial charge on any atom is 0.137 e. The van der Waals surface area contributed by atoms with E-state index in [0.717, 1.165) is 14.7 Å². The Morgan fingerprint density at radius 3 is 2.92 bits per heavy atom. The van der Waals surface area contributed by atoms with Gasteiger partial charge >= 0.3 is 0 Å². The minimum Gasteiger partial charge on any atom is -0.380 e. The molecule has 1 aromatic rings. The highest BCUT2D eigenvalue weighted by atomic mass is 127. The van der Waals surface area contributed by atoms with Gasteiger partial charge in [-0.1, -0.05) is 0 Å². The summed E-state index contributed by atoms with van der Waals surface area (Å²) in [4.78, 5) is 0. The SMILES string of the molecule is COC(C)Cn1cc(Br)c(I)n1. The Balaban J connectivity index is 2.64. The van der Waals surface area contributed by atoms with Crippen LogP contribution in [0.2, 0.25) is 0 Å². The lowest BCUT2D eigenvalue weighted by Crippen LogP contribution is -2.14. The summed E-state index contributed by atoms with van der Waals surface area (Å²) >= 11 is 5.58. The van der Waals surface area contributed by atoms with E-state index in [1.807, 2.05) is 17.8 Å². The molecule has 3 nitrogen and oxygen atoms in total. The third kappa shape index (κ3) is 2.70. The average molecular weight is 345 g/mol. The molecule has 0 radical (unpaired) electrons. The van der Waals surface area contributed by atoms with Crippen LogP contribution in [0.1, 0.15) is 6.92 Å². The highest BCUT2D eigenvalue weighted by Gasteiger charge is 2.05. The molecule has 1 aromatic heterocycles. The molecule has 0 bridgehead atoms. The number of halogens is 2. The quantitative estimate of drug-likeness (QED) is 0.787. The van der Waals surface area contributed by atoms with Gasteiger partial charge in [0.1, 0.15) is 3.70 Å². The molecule has 12 heavy (non-hydrogen) atoms. The van der Waals surface area contributed by atoms with Gasteiger partial charge in [0.2, 0.25) is 0 Å². The lowest BCUT2D eigenvalue weighted by molar-refractivity contribution is 0.0997. The first-order valence-corrected chi connectivity index (χ1v) is 5.42. The fraction of sp³-hybridized carbons (Fsp3) is 0.571. The second-order valence-electron chi connectivity index (χ2n) is 2.54. The number of methoxy groups -OCH3 is 1. The zero-order valence-corrected chi connectivity index (χ0v) is 10.7. The number of nitrogens with zero attached hydrogens (tertiary/aromatic N) is 2. The van der Waals surface area contributed by atoms with Gasteiger partial charge in [-0.05, 0) is 45.4 Å². The van der Waals surface area contributed by atoms with Gasteiger partial charge in [-0.15, -0.1) is 0 Å². The van der Waals surface area contributed by atoms with Crippen molar-refractivity contribution in [2.75, 3.05) is 7.11 Å². The van der Waals surface area contributed by atoms with Gasteiger partial charge in [0.25, 0.3) is 0 Å². The van der Waals surface area contributed by atoms with Crippen molar-refractivity contribution < 1.29 is 4.74 Å². The summed E-state index contributed by atoms with van der Waals surface area (Å²) in [6, 6.07) is 0. The maximum absolute atomic E-state index is 5.12. The molecule has 1 unspecified atom stereocenters. The van der Waals surface area contributed by atoms with E-state index in [9.17, 15) is 0 Å². The lowest BCUT2D eigenvalue weighted by Gasteiger charge is -2.08. The summed E-state index contributed by atoms with van der Waals surface area (Å²) in [5.74, 6) is 0. The molecular formula is C7H10BrIN2O. The second kappa shape index (κ2) is 4.57. The van der Waals surface area contributed by atoms with E-state index < -0.39 is 0 Å². The maximum atomic E-state index is 5.12. The summed E-state index contributed by atoms with van der Waals surface area (Å²) < 4.78 is 9.02. The smallest absolute Gasteiger partial charge is 0.137 e. The molecule has 0 N–H and O–H groups in total. The fourth-order valence-electron chi connectivity index (χ4n) is 0.805. The van der Waals surface area contributed by atoms with Crippen LogP contribution in [-0.4, -0.2) is 23.0 Å². The van der Waals surface area contributed by atoms with E-state index in [1.165, 1.54) is 0 Å². The van der Waals surface area contributed by atoms with Crippen LogP contribution in [-0.2, 0) is 11.3 Å². The third-order valence-corrected chi connectivity index (χ3v) is 3.64. The molecule has 0 aromatic carbocycles. The molecule has 0 aliphatic carbocycles. The van der Waals surface area contributed by atoms with Crippen molar-refractivity contribution in [2.45, 2.75) is 19.6 Å². The molecular weight excluding hydrogens is 335 g/mol. The van der Waals surface area contributed by atoms with Crippen LogP contribution >= 0.6 is 38.5 Å². The number of hydrogen-bond acceptors (Lipinski definition) is 2. The van der Waals surface area contributed by atoms with Crippen LogP contribution in [0, 0.1) is 3.70 Å². The average Bonchev–Trinajstić information content (AvgIpc) is 2.31. The Hall–Kier alpha value is 0.380. The molecule has 68 valence electrons. The lowest BCUT2D eigenvalue weighted by atomic mass is 10.4. The van der Waals surface area contributed by atoms with Crippen molar-refractivity contribution in [3.63, 3.8) is 0 Å². The van der Waals surface area contributed by atoms with Crippen molar-refractivity contribution in [1.82, 2.24) is 9.78 Å². The monoisotopic (exact) mass is 344 g/mol. The molecule has 5 heteroatoms. The summed E-state index contributed by atoms with van der Waals surface area (Å²) in [5.41, 5.74) is 0. The van der Waals surface area contributed by atoms with Crippen molar-refractivity contribution >= 4 is 38.5 Å². The first-order valence-electron chi connectivity index (χ1n) is 3.54. The number of ether oxygens (including phenoxy) is 1. The highest BCUT2D eigenvalue weighted by Crippen LogP contribution is 2.16. The molecule has 1 rings (SSSR count). The van der Waals surface area contributed by atoms with E-state index in [1.54, 1.807) is 7.11 Å². The Kier molecular flexibility index (Phi) is 3.98. The van der Waals surface area contributed by atoms with Crippen LogP contribution in [0.15, 0.2) is 10.7 Å². The number of hydrogen-bond donors (Lipinski definition) is 0. The van der Waals surface area contributed by atoms with E-state index in [2.05, 4.69) is 43.6 Å². The van der Waals surface area contributed by atoms with Gasteiger partial charge in [-0.3, -0.25) is 4.68 Å². The van der Waals surface area contributed by atoms with Gasteiger partial charge in [0.05, 0.1) is 17.1 Å².